The van der Waals surface area contributed by atoms with Gasteiger partial charge in [-0.3, -0.25) is 5.10 Å². The summed E-state index contributed by atoms with van der Waals surface area (Å²) in [4.78, 5) is 8.63. The van der Waals surface area contributed by atoms with Crippen LogP contribution in [-0.2, 0) is 13.2 Å². The lowest BCUT2D eigenvalue weighted by molar-refractivity contribution is 0.296. The maximum absolute atomic E-state index is 5.94. The number of hydrogen-bond donors (Lipinski definition) is 3. The van der Waals surface area contributed by atoms with Crippen molar-refractivity contribution in [2.45, 2.75) is 27.0 Å². The van der Waals surface area contributed by atoms with E-state index in [1.807, 2.05) is 56.3 Å². The number of nitrogens with two attached hydrogens (primary N) is 1. The number of aryl methyl sites for hydroxylation is 2. The predicted octanol–water partition coefficient (Wildman–Crippen LogP) is 3.51. The number of aliphatic imine (C=N–C) groups is 1. The van der Waals surface area contributed by atoms with Gasteiger partial charge in [0, 0.05) is 5.69 Å². The summed E-state index contributed by atoms with van der Waals surface area (Å²) in [5, 5.41) is 10.1. The minimum Gasteiger partial charge on any atom is -0.486 e. The molecule has 0 unspecified atom stereocenters. The van der Waals surface area contributed by atoms with Crippen LogP contribution in [0.25, 0.3) is 0 Å². The molecule has 27 heavy (non-hydrogen) atoms. The summed E-state index contributed by atoms with van der Waals surface area (Å²) < 4.78 is 5.63. The Hall–Kier alpha value is -2.87. The first-order valence-electron chi connectivity index (χ1n) is 8.32. The van der Waals surface area contributed by atoms with Crippen LogP contribution < -0.4 is 15.8 Å². The van der Waals surface area contributed by atoms with Gasteiger partial charge in [0.25, 0.3) is 0 Å². The molecule has 0 fully saturated rings. The Morgan fingerprint density at radius 2 is 1.85 bits per heavy atom. The van der Waals surface area contributed by atoms with Gasteiger partial charge in [0.15, 0.2) is 17.6 Å². The van der Waals surface area contributed by atoms with Crippen molar-refractivity contribution in [2.24, 2.45) is 10.7 Å². The second kappa shape index (κ2) is 9.72. The Balaban J connectivity index is 0.00000261. The van der Waals surface area contributed by atoms with Crippen molar-refractivity contribution in [1.82, 2.24) is 15.2 Å². The topological polar surface area (TPSA) is 101 Å². The molecule has 0 bridgehead atoms. The third-order valence-electron chi connectivity index (χ3n) is 3.58. The van der Waals surface area contributed by atoms with Gasteiger partial charge in [-0.05, 0) is 49.2 Å². The molecular weight excluding hydrogens is 408 g/mol. The molecule has 0 aliphatic rings. The van der Waals surface area contributed by atoms with E-state index in [1.54, 1.807) is 0 Å². The molecule has 0 aliphatic heterocycles. The van der Waals surface area contributed by atoms with Crippen LogP contribution in [0, 0.1) is 13.8 Å². The lowest BCUT2D eigenvalue weighted by atomic mass is 10.1. The van der Waals surface area contributed by atoms with E-state index in [4.69, 9.17) is 10.5 Å². The number of anilines is 1. The van der Waals surface area contributed by atoms with Gasteiger partial charge in [-0.1, -0.05) is 24.3 Å². The third kappa shape index (κ3) is 6.41. The molecule has 4 N–H and O–H groups in total. The Labute approximate surface area is 168 Å². The largest absolute Gasteiger partial charge is 0.486 e. The van der Waals surface area contributed by atoms with Gasteiger partial charge < -0.3 is 15.8 Å². The lowest BCUT2D eigenvalue weighted by Gasteiger charge is -2.07. The van der Waals surface area contributed by atoms with Crippen LogP contribution in [0.2, 0.25) is 0 Å². The molecule has 1 aromatic heterocycles. The summed E-state index contributed by atoms with van der Waals surface area (Å²) in [6, 6.07) is 15.7. The average molecular weight is 431 g/mol. The van der Waals surface area contributed by atoms with Crippen LogP contribution in [0.15, 0.2) is 53.5 Å². The minimum absolute atomic E-state index is 0. The van der Waals surface area contributed by atoms with Crippen molar-refractivity contribution in [1.29, 1.82) is 0 Å². The molecule has 3 aromatic rings. The number of halogens is 1. The second-order valence-electron chi connectivity index (χ2n) is 6.00. The molecule has 0 radical (unpaired) electrons. The van der Waals surface area contributed by atoms with Gasteiger partial charge in [-0.25, -0.2) is 9.98 Å². The molecule has 0 saturated heterocycles. The summed E-state index contributed by atoms with van der Waals surface area (Å²) in [6.45, 7) is 4.68. The van der Waals surface area contributed by atoms with Gasteiger partial charge in [0.05, 0.1) is 0 Å². The zero-order valence-electron chi connectivity index (χ0n) is 15.3. The van der Waals surface area contributed by atoms with Crippen molar-refractivity contribution < 1.29 is 4.74 Å². The molecule has 142 valence electrons. The van der Waals surface area contributed by atoms with Crippen molar-refractivity contribution >= 4 is 28.6 Å². The zero-order valence-corrected chi connectivity index (χ0v) is 17.0. The van der Waals surface area contributed by atoms with E-state index in [9.17, 15) is 0 Å². The minimum atomic E-state index is 0. The fourth-order valence-corrected chi connectivity index (χ4v) is 2.53. The normalized spacial score (nSPS) is 11.0. The van der Waals surface area contributed by atoms with Crippen molar-refractivity contribution in [3.8, 4) is 5.75 Å². The molecule has 8 heteroatoms. The highest BCUT2D eigenvalue weighted by Gasteiger charge is 2.04. The number of aromatic nitrogens is 3. The van der Waals surface area contributed by atoms with Crippen molar-refractivity contribution in [3.63, 3.8) is 0 Å². The molecule has 0 spiro atoms. The van der Waals surface area contributed by atoms with E-state index in [1.165, 1.54) is 0 Å². The molecule has 0 amide bonds. The summed E-state index contributed by atoms with van der Waals surface area (Å²) >= 11 is 0. The van der Waals surface area contributed by atoms with Crippen LogP contribution in [-0.4, -0.2) is 21.1 Å². The monoisotopic (exact) mass is 430 g/mol. The second-order valence-corrected chi connectivity index (χ2v) is 6.00. The number of nitrogens with one attached hydrogen (secondary N) is 2. The predicted molar refractivity (Wildman–Crippen MR) is 112 cm³/mol. The Kier molecular flexibility index (Phi) is 7.36. The van der Waals surface area contributed by atoms with E-state index in [0.29, 0.717) is 24.2 Å². The van der Waals surface area contributed by atoms with E-state index < -0.39 is 0 Å². The van der Waals surface area contributed by atoms with E-state index >= 15 is 0 Å². The maximum atomic E-state index is 5.94. The van der Waals surface area contributed by atoms with Crippen LogP contribution in [0.4, 0.5) is 5.69 Å². The van der Waals surface area contributed by atoms with Gasteiger partial charge in [0.1, 0.15) is 18.9 Å². The van der Waals surface area contributed by atoms with Crippen molar-refractivity contribution in [3.05, 3.63) is 71.3 Å². The summed E-state index contributed by atoms with van der Waals surface area (Å²) in [5.74, 6) is 2.30. The Morgan fingerprint density at radius 3 is 2.56 bits per heavy atom. The van der Waals surface area contributed by atoms with Gasteiger partial charge >= 0.3 is 0 Å². The number of aromatic amines is 1. The first-order chi connectivity index (χ1) is 12.6. The molecular formula is C19H23BrN6O. The van der Waals surface area contributed by atoms with E-state index in [-0.39, 0.29) is 23.5 Å². The molecule has 1 heterocycles. The van der Waals surface area contributed by atoms with Gasteiger partial charge in [-0.15, -0.1) is 17.0 Å². The average Bonchev–Trinajstić information content (AvgIpc) is 3.06. The number of rotatable bonds is 6. The quantitative estimate of drug-likeness (QED) is 0.410. The third-order valence-corrected chi connectivity index (χ3v) is 3.58. The number of hydrogen-bond acceptors (Lipinski definition) is 4. The van der Waals surface area contributed by atoms with Crippen molar-refractivity contribution in [2.75, 3.05) is 5.32 Å². The number of nitrogens with zero attached hydrogens (tertiary/aromatic N) is 3. The highest BCUT2D eigenvalue weighted by atomic mass is 79.9. The maximum Gasteiger partial charge on any atom is 0.193 e. The fourth-order valence-electron chi connectivity index (χ4n) is 2.53. The molecule has 0 atom stereocenters. The zero-order chi connectivity index (χ0) is 18.4. The standard InChI is InChI=1S/C19H22N6O.BrH/c1-13-8-14(2)10-15(9-13)22-19(20)21-11-17-23-18(25-24-17)12-26-16-6-4-3-5-7-16;/h3-10H,11-12H2,1-2H3,(H3,20,21,22)(H,23,24,25);1H. The molecule has 0 saturated carbocycles. The summed E-state index contributed by atoms with van der Waals surface area (Å²) in [6.07, 6.45) is 0. The molecule has 0 aliphatic carbocycles. The van der Waals surface area contributed by atoms with Crippen LogP contribution in [0.5, 0.6) is 5.75 Å². The first-order valence-corrected chi connectivity index (χ1v) is 8.32. The highest BCUT2D eigenvalue weighted by Crippen LogP contribution is 2.13. The number of benzene rings is 2. The lowest BCUT2D eigenvalue weighted by Crippen LogP contribution is -2.22. The Bertz CT molecular complexity index is 874. The van der Waals surface area contributed by atoms with Crippen LogP contribution in [0.3, 0.4) is 0 Å². The van der Waals surface area contributed by atoms with Gasteiger partial charge in [0.2, 0.25) is 0 Å². The van der Waals surface area contributed by atoms with Gasteiger partial charge in [-0.2, -0.15) is 5.10 Å². The first kappa shape index (κ1) is 20.4. The smallest absolute Gasteiger partial charge is 0.193 e. The summed E-state index contributed by atoms with van der Waals surface area (Å²) in [5.41, 5.74) is 9.18. The molecule has 3 rings (SSSR count). The fraction of sp³-hybridized carbons (Fsp3) is 0.211. The number of ether oxygens (including phenoxy) is 1. The van der Waals surface area contributed by atoms with E-state index in [0.717, 1.165) is 22.6 Å². The van der Waals surface area contributed by atoms with Crippen LogP contribution >= 0.6 is 17.0 Å². The van der Waals surface area contributed by atoms with Crippen LogP contribution in [0.1, 0.15) is 22.8 Å². The Morgan fingerprint density at radius 1 is 1.15 bits per heavy atom. The molecule has 2 aromatic carbocycles. The number of para-hydroxylation sites is 1. The van der Waals surface area contributed by atoms with E-state index in [2.05, 4.69) is 31.6 Å². The SMILES string of the molecule is Br.Cc1cc(C)cc(NC(N)=NCc2n[nH]c(COc3ccccc3)n2)c1. The molecule has 7 nitrogen and oxygen atoms in total. The summed E-state index contributed by atoms with van der Waals surface area (Å²) in [7, 11) is 0. The number of guanidine groups is 1. The number of H-pyrrole nitrogens is 1. The highest BCUT2D eigenvalue weighted by molar-refractivity contribution is 8.93.